The predicted molar refractivity (Wildman–Crippen MR) is 75.8 cm³/mol. The second-order valence-corrected chi connectivity index (χ2v) is 5.56. The Morgan fingerprint density at radius 3 is 2.33 bits per heavy atom. The van der Waals surface area contributed by atoms with Crippen LogP contribution in [0.3, 0.4) is 0 Å². The fourth-order valence-corrected chi connectivity index (χ4v) is 3.10. The number of hydrogen-bond acceptors (Lipinski definition) is 2. The van der Waals surface area contributed by atoms with Crippen molar-refractivity contribution in [1.29, 1.82) is 0 Å². The molecule has 0 bridgehead atoms. The molecule has 0 aromatic heterocycles. The maximum atomic E-state index is 6.00. The molecule has 0 atom stereocenters. The van der Waals surface area contributed by atoms with Crippen molar-refractivity contribution >= 4 is 11.8 Å². The molecule has 0 aliphatic carbocycles. The highest BCUT2D eigenvalue weighted by Crippen LogP contribution is 2.47. The van der Waals surface area contributed by atoms with E-state index in [0.29, 0.717) is 0 Å². The summed E-state index contributed by atoms with van der Waals surface area (Å²) in [4.78, 5) is 2.44. The summed E-state index contributed by atoms with van der Waals surface area (Å²) in [5.41, 5.74) is 2.68. The summed E-state index contributed by atoms with van der Waals surface area (Å²) < 4.78 is 6.00. The summed E-state index contributed by atoms with van der Waals surface area (Å²) in [6, 6.07) is 13.0. The van der Waals surface area contributed by atoms with E-state index in [-0.39, 0.29) is 0 Å². The van der Waals surface area contributed by atoms with Crippen LogP contribution in [0.1, 0.15) is 25.0 Å². The summed E-state index contributed by atoms with van der Waals surface area (Å²) in [6.45, 7) is 4.34. The predicted octanol–water partition coefficient (Wildman–Crippen LogP) is 5.07. The minimum atomic E-state index is 0.984. The molecule has 0 N–H and O–H groups in total. The lowest BCUT2D eigenvalue weighted by molar-refractivity contribution is 0.453. The summed E-state index contributed by atoms with van der Waals surface area (Å²) >= 11 is 1.81. The Hall–Kier alpha value is -1.41. The highest BCUT2D eigenvalue weighted by atomic mass is 32.2. The number of aryl methyl sites for hydroxylation is 2. The van der Waals surface area contributed by atoms with E-state index in [2.05, 4.69) is 50.2 Å². The number of ether oxygens (including phenoxy) is 1. The average molecular weight is 256 g/mol. The van der Waals surface area contributed by atoms with Gasteiger partial charge in [-0.2, -0.15) is 0 Å². The molecule has 1 aliphatic rings. The van der Waals surface area contributed by atoms with E-state index in [4.69, 9.17) is 4.74 Å². The second kappa shape index (κ2) is 4.69. The first kappa shape index (κ1) is 11.7. The summed E-state index contributed by atoms with van der Waals surface area (Å²) in [5.74, 6) is 1.98. The van der Waals surface area contributed by atoms with Crippen molar-refractivity contribution in [2.75, 3.05) is 0 Å². The quantitative estimate of drug-likeness (QED) is 0.633. The molecular formula is C16H16OS. The van der Waals surface area contributed by atoms with Crippen LogP contribution in [0, 0.1) is 0 Å². The van der Waals surface area contributed by atoms with E-state index in [1.807, 2.05) is 0 Å². The van der Waals surface area contributed by atoms with Crippen LogP contribution in [0.4, 0.5) is 0 Å². The fourth-order valence-electron chi connectivity index (χ4n) is 2.11. The Morgan fingerprint density at radius 1 is 0.833 bits per heavy atom. The normalized spacial score (nSPS) is 12.6. The van der Waals surface area contributed by atoms with Gasteiger partial charge in [-0.15, -0.1) is 0 Å². The molecule has 2 aromatic rings. The Bertz CT molecular complexity index is 536. The van der Waals surface area contributed by atoms with Crippen LogP contribution in [0.5, 0.6) is 11.5 Å². The molecule has 0 fully saturated rings. The van der Waals surface area contributed by atoms with Crippen LogP contribution >= 0.6 is 11.8 Å². The van der Waals surface area contributed by atoms with Gasteiger partial charge >= 0.3 is 0 Å². The lowest BCUT2D eigenvalue weighted by atomic mass is 10.1. The van der Waals surface area contributed by atoms with E-state index in [1.54, 1.807) is 11.8 Å². The zero-order valence-corrected chi connectivity index (χ0v) is 11.5. The third-order valence-corrected chi connectivity index (χ3v) is 4.37. The van der Waals surface area contributed by atoms with Crippen molar-refractivity contribution in [2.45, 2.75) is 36.5 Å². The maximum absolute atomic E-state index is 6.00. The molecule has 18 heavy (non-hydrogen) atoms. The van der Waals surface area contributed by atoms with Gasteiger partial charge in [0.2, 0.25) is 0 Å². The molecule has 0 radical (unpaired) electrons. The van der Waals surface area contributed by atoms with Gasteiger partial charge < -0.3 is 4.74 Å². The molecule has 2 heteroatoms. The molecule has 2 aromatic carbocycles. The van der Waals surface area contributed by atoms with E-state index < -0.39 is 0 Å². The first-order valence-electron chi connectivity index (χ1n) is 6.41. The third kappa shape index (κ3) is 2.01. The number of hydrogen-bond donors (Lipinski definition) is 0. The first-order valence-corrected chi connectivity index (χ1v) is 7.23. The average Bonchev–Trinajstić information content (AvgIpc) is 2.43. The van der Waals surface area contributed by atoms with Gasteiger partial charge in [-0.3, -0.25) is 0 Å². The van der Waals surface area contributed by atoms with E-state index in [9.17, 15) is 0 Å². The largest absolute Gasteiger partial charge is 0.455 e. The monoisotopic (exact) mass is 256 g/mol. The van der Waals surface area contributed by atoms with Gasteiger partial charge in [-0.25, -0.2) is 0 Å². The maximum Gasteiger partial charge on any atom is 0.141 e. The smallest absolute Gasteiger partial charge is 0.141 e. The van der Waals surface area contributed by atoms with E-state index in [1.165, 1.54) is 20.9 Å². The van der Waals surface area contributed by atoms with Gasteiger partial charge in [0.1, 0.15) is 11.5 Å². The van der Waals surface area contributed by atoms with Gasteiger partial charge in [-0.1, -0.05) is 37.7 Å². The van der Waals surface area contributed by atoms with Crippen molar-refractivity contribution in [3.8, 4) is 11.5 Å². The number of fused-ring (bicyclic) bond motifs is 2. The fraction of sp³-hybridized carbons (Fsp3) is 0.250. The third-order valence-electron chi connectivity index (χ3n) is 3.27. The lowest BCUT2D eigenvalue weighted by Crippen LogP contribution is -1.97. The van der Waals surface area contributed by atoms with Crippen molar-refractivity contribution in [2.24, 2.45) is 0 Å². The molecule has 92 valence electrons. The molecular weight excluding hydrogens is 240 g/mol. The highest BCUT2D eigenvalue weighted by molar-refractivity contribution is 7.99. The Kier molecular flexibility index (Phi) is 3.04. The van der Waals surface area contributed by atoms with Crippen LogP contribution in [0.15, 0.2) is 46.2 Å². The first-order chi connectivity index (χ1) is 8.80. The van der Waals surface area contributed by atoms with Crippen LogP contribution in [-0.4, -0.2) is 0 Å². The lowest BCUT2D eigenvalue weighted by Gasteiger charge is -2.20. The van der Waals surface area contributed by atoms with E-state index in [0.717, 1.165) is 24.3 Å². The molecule has 0 amide bonds. The summed E-state index contributed by atoms with van der Waals surface area (Å²) in [6.07, 6.45) is 2.11. The van der Waals surface area contributed by atoms with Gasteiger partial charge in [-0.05, 0) is 48.2 Å². The molecule has 1 nitrogen and oxygen atoms in total. The summed E-state index contributed by atoms with van der Waals surface area (Å²) in [7, 11) is 0. The van der Waals surface area contributed by atoms with Gasteiger partial charge in [0, 0.05) is 0 Å². The standard InChI is InChI=1S/C16H16OS/c1-3-11-6-8-15-14(9-11)17-13-7-5-12(4-2)10-16(13)18-15/h5-10H,3-4H2,1-2H3. The Balaban J connectivity index is 2.00. The SMILES string of the molecule is CCc1ccc2c(c1)Oc1ccc(CC)cc1S2. The summed E-state index contributed by atoms with van der Waals surface area (Å²) in [5, 5.41) is 0. The topological polar surface area (TPSA) is 9.23 Å². The highest BCUT2D eigenvalue weighted by Gasteiger charge is 2.18. The Labute approximate surface area is 112 Å². The van der Waals surface area contributed by atoms with Crippen LogP contribution in [-0.2, 0) is 12.8 Å². The van der Waals surface area contributed by atoms with Crippen LogP contribution in [0.2, 0.25) is 0 Å². The zero-order valence-electron chi connectivity index (χ0n) is 10.7. The molecule has 0 spiro atoms. The van der Waals surface area contributed by atoms with Crippen LogP contribution in [0.25, 0.3) is 0 Å². The van der Waals surface area contributed by atoms with Crippen molar-refractivity contribution in [1.82, 2.24) is 0 Å². The number of benzene rings is 2. The van der Waals surface area contributed by atoms with Gasteiger partial charge in [0.25, 0.3) is 0 Å². The zero-order chi connectivity index (χ0) is 12.5. The molecule has 0 unspecified atom stereocenters. The Morgan fingerprint density at radius 2 is 1.56 bits per heavy atom. The molecule has 1 aliphatic heterocycles. The molecule has 0 saturated heterocycles. The van der Waals surface area contributed by atoms with Crippen molar-refractivity contribution in [3.05, 3.63) is 47.5 Å². The minimum Gasteiger partial charge on any atom is -0.455 e. The van der Waals surface area contributed by atoms with E-state index >= 15 is 0 Å². The molecule has 3 rings (SSSR count). The minimum absolute atomic E-state index is 0.984. The van der Waals surface area contributed by atoms with Crippen molar-refractivity contribution in [3.63, 3.8) is 0 Å². The number of rotatable bonds is 2. The second-order valence-electron chi connectivity index (χ2n) is 4.47. The van der Waals surface area contributed by atoms with Crippen LogP contribution < -0.4 is 4.74 Å². The molecule has 1 heterocycles. The van der Waals surface area contributed by atoms with Gasteiger partial charge in [0.15, 0.2) is 0 Å². The molecule has 0 saturated carbocycles. The van der Waals surface area contributed by atoms with Crippen molar-refractivity contribution < 1.29 is 4.74 Å². The van der Waals surface area contributed by atoms with Gasteiger partial charge in [0.05, 0.1) is 9.79 Å².